The van der Waals surface area contributed by atoms with Gasteiger partial charge in [0.25, 0.3) is 11.8 Å². The van der Waals surface area contributed by atoms with Gasteiger partial charge in [0.05, 0.1) is 23.1 Å². The summed E-state index contributed by atoms with van der Waals surface area (Å²) >= 11 is 1.14. The van der Waals surface area contributed by atoms with Crippen molar-refractivity contribution in [3.63, 3.8) is 0 Å². The average molecular weight is 523 g/mol. The van der Waals surface area contributed by atoms with E-state index >= 15 is 0 Å². The predicted molar refractivity (Wildman–Crippen MR) is 141 cm³/mol. The lowest BCUT2D eigenvalue weighted by Crippen LogP contribution is -2.45. The van der Waals surface area contributed by atoms with E-state index in [1.54, 1.807) is 12.3 Å². The topological polar surface area (TPSA) is 102 Å². The van der Waals surface area contributed by atoms with Crippen molar-refractivity contribution in [2.24, 2.45) is 0 Å². The zero-order valence-electron chi connectivity index (χ0n) is 20.7. The van der Waals surface area contributed by atoms with Crippen molar-refractivity contribution in [1.29, 1.82) is 0 Å². The van der Waals surface area contributed by atoms with Crippen LogP contribution in [0.15, 0.2) is 60.0 Å². The predicted octanol–water partition coefficient (Wildman–Crippen LogP) is 5.94. The second kappa shape index (κ2) is 10.9. The Kier molecular flexibility index (Phi) is 7.68. The van der Waals surface area contributed by atoms with E-state index < -0.39 is 23.4 Å². The van der Waals surface area contributed by atoms with Crippen molar-refractivity contribution >= 4 is 45.3 Å². The number of nitrogens with zero attached hydrogens (tertiary/aromatic N) is 2. The van der Waals surface area contributed by atoms with E-state index in [9.17, 15) is 18.8 Å². The molecule has 0 spiro atoms. The van der Waals surface area contributed by atoms with Gasteiger partial charge in [0.1, 0.15) is 10.6 Å². The molecule has 0 aliphatic rings. The number of hydrogen-bond acceptors (Lipinski definition) is 6. The standard InChI is InChI=1S/C27H27FN4O4S/c1-4-27(5-2,18-10-8-7-9-11-18)30-24(34)20-16-37-25-21(20)22(31-32(25)26(35)36-6-3)29-23(33)17-12-14-19(28)15-13-17/h7-16H,4-6H2,1-3H3,(H,30,34)(H,29,31,33). The van der Waals surface area contributed by atoms with Gasteiger partial charge in [-0.3, -0.25) is 9.59 Å². The van der Waals surface area contributed by atoms with Crippen molar-refractivity contribution < 1.29 is 23.5 Å². The summed E-state index contributed by atoms with van der Waals surface area (Å²) in [4.78, 5) is 39.5. The fraction of sp³-hybridized carbons (Fsp3) is 0.259. The second-order valence-corrected chi connectivity index (χ2v) is 9.22. The van der Waals surface area contributed by atoms with Crippen LogP contribution in [0.3, 0.4) is 0 Å². The zero-order chi connectivity index (χ0) is 26.6. The molecule has 37 heavy (non-hydrogen) atoms. The fourth-order valence-corrected chi connectivity index (χ4v) is 5.21. The Labute approximate surface area is 217 Å². The average Bonchev–Trinajstić information content (AvgIpc) is 3.50. The molecule has 4 rings (SSSR count). The van der Waals surface area contributed by atoms with Gasteiger partial charge in [0, 0.05) is 10.9 Å². The number of thiophene rings is 1. The Morgan fingerprint density at radius 1 is 1.00 bits per heavy atom. The minimum atomic E-state index is -0.732. The van der Waals surface area contributed by atoms with Crippen LogP contribution in [0.1, 0.15) is 59.9 Å². The van der Waals surface area contributed by atoms with Crippen LogP contribution >= 0.6 is 11.3 Å². The molecule has 0 saturated carbocycles. The minimum Gasteiger partial charge on any atom is -0.448 e. The van der Waals surface area contributed by atoms with Crippen LogP contribution in [0, 0.1) is 5.82 Å². The van der Waals surface area contributed by atoms with Gasteiger partial charge in [-0.1, -0.05) is 44.2 Å². The first-order valence-electron chi connectivity index (χ1n) is 12.0. The minimum absolute atomic E-state index is 0.0297. The van der Waals surface area contributed by atoms with Gasteiger partial charge < -0.3 is 15.4 Å². The van der Waals surface area contributed by atoms with E-state index in [0.29, 0.717) is 23.1 Å². The lowest BCUT2D eigenvalue weighted by molar-refractivity contribution is 0.0890. The molecule has 2 aromatic carbocycles. The van der Waals surface area contributed by atoms with E-state index in [1.807, 2.05) is 44.2 Å². The highest BCUT2D eigenvalue weighted by Crippen LogP contribution is 2.35. The summed E-state index contributed by atoms with van der Waals surface area (Å²) in [6.07, 6.45) is 0.579. The first-order valence-corrected chi connectivity index (χ1v) is 12.8. The van der Waals surface area contributed by atoms with E-state index in [4.69, 9.17) is 4.74 Å². The number of halogens is 1. The number of carbonyl (C=O) groups is 3. The lowest BCUT2D eigenvalue weighted by atomic mass is 9.84. The highest BCUT2D eigenvalue weighted by atomic mass is 32.1. The molecule has 0 bridgehead atoms. The summed E-state index contributed by atoms with van der Waals surface area (Å²) in [5.74, 6) is -1.37. The van der Waals surface area contributed by atoms with Crippen LogP contribution in [-0.2, 0) is 10.3 Å². The number of hydrogen-bond donors (Lipinski definition) is 2. The number of aromatic nitrogens is 2. The Morgan fingerprint density at radius 2 is 1.68 bits per heavy atom. The molecule has 0 atom stereocenters. The fourth-order valence-electron chi connectivity index (χ4n) is 4.22. The van der Waals surface area contributed by atoms with Crippen LogP contribution in [0.4, 0.5) is 15.0 Å². The van der Waals surface area contributed by atoms with Gasteiger partial charge >= 0.3 is 6.09 Å². The molecular weight excluding hydrogens is 495 g/mol. The number of benzene rings is 2. The van der Waals surface area contributed by atoms with Crippen LogP contribution in [0.2, 0.25) is 0 Å². The van der Waals surface area contributed by atoms with Crippen LogP contribution in [0.25, 0.3) is 10.2 Å². The second-order valence-electron chi connectivity index (χ2n) is 8.36. The van der Waals surface area contributed by atoms with E-state index in [2.05, 4.69) is 15.7 Å². The number of ether oxygens (including phenoxy) is 1. The molecule has 0 aliphatic heterocycles. The maximum Gasteiger partial charge on any atom is 0.436 e. The Hall–Kier alpha value is -4.05. The molecule has 2 N–H and O–H groups in total. The van der Waals surface area contributed by atoms with Crippen LogP contribution < -0.4 is 10.6 Å². The normalized spacial score (nSPS) is 11.4. The summed E-state index contributed by atoms with van der Waals surface area (Å²) in [5.41, 5.74) is 0.835. The first-order chi connectivity index (χ1) is 17.8. The van der Waals surface area contributed by atoms with E-state index in [0.717, 1.165) is 21.6 Å². The number of fused-ring (bicyclic) bond motifs is 1. The number of anilines is 1. The Balaban J connectivity index is 1.76. The molecule has 2 amide bonds. The quantitative estimate of drug-likeness (QED) is 0.298. The molecule has 2 aromatic heterocycles. The summed E-state index contributed by atoms with van der Waals surface area (Å²) in [5, 5.41) is 12.1. The summed E-state index contributed by atoms with van der Waals surface area (Å²) in [6.45, 7) is 5.81. The van der Waals surface area contributed by atoms with Gasteiger partial charge in [0.2, 0.25) is 0 Å². The molecule has 8 nitrogen and oxygen atoms in total. The van der Waals surface area contributed by atoms with E-state index in [-0.39, 0.29) is 29.5 Å². The number of carbonyl (C=O) groups excluding carboxylic acids is 3. The number of amides is 2. The molecular formula is C27H27FN4O4S. The molecule has 4 aromatic rings. The summed E-state index contributed by atoms with van der Waals surface area (Å²) in [7, 11) is 0. The van der Waals surface area contributed by atoms with Crippen LogP contribution in [0.5, 0.6) is 0 Å². The summed E-state index contributed by atoms with van der Waals surface area (Å²) in [6, 6.07) is 14.7. The van der Waals surface area contributed by atoms with Gasteiger partial charge in [-0.05, 0) is 49.6 Å². The van der Waals surface area contributed by atoms with Gasteiger partial charge in [-0.25, -0.2) is 9.18 Å². The molecule has 0 saturated heterocycles. The highest BCUT2D eigenvalue weighted by Gasteiger charge is 2.33. The third-order valence-electron chi connectivity index (χ3n) is 6.31. The monoisotopic (exact) mass is 522 g/mol. The van der Waals surface area contributed by atoms with E-state index in [1.165, 1.54) is 24.3 Å². The Bertz CT molecular complexity index is 1430. The third kappa shape index (κ3) is 5.10. The molecule has 0 radical (unpaired) electrons. The van der Waals surface area contributed by atoms with Crippen molar-refractivity contribution in [3.05, 3.63) is 82.5 Å². The van der Waals surface area contributed by atoms with Crippen molar-refractivity contribution in [2.75, 3.05) is 11.9 Å². The van der Waals surface area contributed by atoms with Gasteiger partial charge in [-0.2, -0.15) is 4.68 Å². The molecule has 2 heterocycles. The summed E-state index contributed by atoms with van der Waals surface area (Å²) < 4.78 is 19.5. The van der Waals surface area contributed by atoms with Gasteiger partial charge in [-0.15, -0.1) is 16.4 Å². The highest BCUT2D eigenvalue weighted by molar-refractivity contribution is 7.17. The van der Waals surface area contributed by atoms with Crippen molar-refractivity contribution in [1.82, 2.24) is 15.1 Å². The van der Waals surface area contributed by atoms with Crippen molar-refractivity contribution in [3.8, 4) is 0 Å². The maximum atomic E-state index is 13.7. The molecule has 0 unspecified atom stereocenters. The van der Waals surface area contributed by atoms with Crippen LogP contribution in [-0.4, -0.2) is 34.3 Å². The molecule has 0 aliphatic carbocycles. The zero-order valence-corrected chi connectivity index (χ0v) is 21.5. The third-order valence-corrected chi connectivity index (χ3v) is 7.26. The molecule has 10 heteroatoms. The van der Waals surface area contributed by atoms with Crippen molar-refractivity contribution in [2.45, 2.75) is 39.2 Å². The first kappa shape index (κ1) is 26.0. The smallest absolute Gasteiger partial charge is 0.436 e. The number of rotatable bonds is 8. The van der Waals surface area contributed by atoms with Gasteiger partial charge in [0.15, 0.2) is 5.82 Å². The Morgan fingerprint density at radius 3 is 2.30 bits per heavy atom. The molecule has 0 fully saturated rings. The lowest BCUT2D eigenvalue weighted by Gasteiger charge is -2.33. The largest absolute Gasteiger partial charge is 0.448 e. The maximum absolute atomic E-state index is 13.7. The SMILES string of the molecule is CCOC(=O)n1nc(NC(=O)c2ccc(F)cc2)c2c(C(=O)NC(CC)(CC)c3ccccc3)csc21. The number of nitrogens with one attached hydrogen (secondary N) is 2. The molecule has 192 valence electrons.